The van der Waals surface area contributed by atoms with E-state index >= 15 is 0 Å². The molecule has 31 heavy (non-hydrogen) atoms. The monoisotopic (exact) mass is 433 g/mol. The van der Waals surface area contributed by atoms with E-state index in [2.05, 4.69) is 4.98 Å². The molecule has 1 heterocycles. The van der Waals surface area contributed by atoms with Gasteiger partial charge < -0.3 is 19.3 Å². The molecule has 0 aliphatic rings. The van der Waals surface area contributed by atoms with Gasteiger partial charge in [0.2, 0.25) is 0 Å². The van der Waals surface area contributed by atoms with Gasteiger partial charge in [0.25, 0.3) is 5.91 Å². The number of imidazole rings is 1. The molecule has 164 valence electrons. The number of amides is 1. The number of hydrogen-bond acceptors (Lipinski definition) is 4. The molecule has 3 rings (SSSR count). The molecule has 0 aliphatic heterocycles. The number of likely N-dealkylation sites (N-methyl/N-ethyl adjacent to an activating group) is 1. The predicted octanol–water partition coefficient (Wildman–Crippen LogP) is 3.46. The molecular weight excluding hydrogens is 411 g/mol. The van der Waals surface area contributed by atoms with Gasteiger partial charge in [-0.3, -0.25) is 4.79 Å². The van der Waals surface area contributed by atoms with E-state index in [9.17, 15) is 23.1 Å². The summed E-state index contributed by atoms with van der Waals surface area (Å²) >= 11 is 0. The van der Waals surface area contributed by atoms with Crippen molar-refractivity contribution in [2.24, 2.45) is 0 Å². The van der Waals surface area contributed by atoms with Crippen molar-refractivity contribution >= 4 is 5.91 Å². The molecular formula is C22H22F3N3O3. The normalized spacial score (nSPS) is 12.4. The standard InChI is InChI=1S/C22H22F3N3O3/c1-27(13-18(29)14-31-20-5-3-2-4-19(20)22(23,24)25)21(30)17-8-6-16(7-9-17)12-28-11-10-26-15-28/h2-11,15,18,29H,12-14H2,1H3/t18-/m0/s1. The lowest BCUT2D eigenvalue weighted by Crippen LogP contribution is -2.37. The fourth-order valence-electron chi connectivity index (χ4n) is 3.03. The molecule has 9 heteroatoms. The van der Waals surface area contributed by atoms with Crippen molar-refractivity contribution in [3.8, 4) is 5.75 Å². The number of para-hydroxylation sites is 1. The van der Waals surface area contributed by atoms with Crippen molar-refractivity contribution in [3.63, 3.8) is 0 Å². The van der Waals surface area contributed by atoms with Crippen LogP contribution in [0.1, 0.15) is 21.5 Å². The lowest BCUT2D eigenvalue weighted by atomic mass is 10.1. The largest absolute Gasteiger partial charge is 0.490 e. The summed E-state index contributed by atoms with van der Waals surface area (Å²) in [6.07, 6.45) is -0.495. The lowest BCUT2D eigenvalue weighted by molar-refractivity contribution is -0.139. The Morgan fingerprint density at radius 3 is 2.55 bits per heavy atom. The second-order valence-electron chi connectivity index (χ2n) is 7.08. The maximum absolute atomic E-state index is 13.0. The molecule has 0 saturated carbocycles. The second-order valence-corrected chi connectivity index (χ2v) is 7.08. The number of aliphatic hydroxyl groups is 1. The summed E-state index contributed by atoms with van der Waals surface area (Å²) in [5, 5.41) is 10.1. The lowest BCUT2D eigenvalue weighted by Gasteiger charge is -2.22. The fraction of sp³-hybridized carbons (Fsp3) is 0.273. The van der Waals surface area contributed by atoms with E-state index in [1.807, 2.05) is 22.9 Å². The van der Waals surface area contributed by atoms with Crippen LogP contribution in [0.5, 0.6) is 5.75 Å². The molecule has 0 aliphatic carbocycles. The summed E-state index contributed by atoms with van der Waals surface area (Å²) in [5.41, 5.74) is 0.517. The SMILES string of the molecule is CN(C[C@H](O)COc1ccccc1C(F)(F)F)C(=O)c1ccc(Cn2ccnc2)cc1. The first kappa shape index (κ1) is 22.4. The Morgan fingerprint density at radius 1 is 1.19 bits per heavy atom. The zero-order valence-electron chi connectivity index (χ0n) is 16.8. The first-order chi connectivity index (χ1) is 14.7. The van der Waals surface area contributed by atoms with E-state index < -0.39 is 17.8 Å². The number of nitrogens with zero attached hydrogens (tertiary/aromatic N) is 3. The highest BCUT2D eigenvalue weighted by Gasteiger charge is 2.34. The minimum atomic E-state index is -4.56. The molecule has 0 spiro atoms. The zero-order chi connectivity index (χ0) is 22.4. The van der Waals surface area contributed by atoms with Gasteiger partial charge in [0.15, 0.2) is 0 Å². The van der Waals surface area contributed by atoms with Crippen LogP contribution in [-0.2, 0) is 12.7 Å². The average molecular weight is 433 g/mol. The first-order valence-electron chi connectivity index (χ1n) is 9.51. The summed E-state index contributed by atoms with van der Waals surface area (Å²) in [4.78, 5) is 17.9. The van der Waals surface area contributed by atoms with Crippen LogP contribution < -0.4 is 4.74 Å². The molecule has 0 unspecified atom stereocenters. The third-order valence-corrected chi connectivity index (χ3v) is 4.58. The highest BCUT2D eigenvalue weighted by Crippen LogP contribution is 2.35. The van der Waals surface area contributed by atoms with Crippen molar-refractivity contribution < 1.29 is 27.8 Å². The molecule has 0 fully saturated rings. The van der Waals surface area contributed by atoms with E-state index in [4.69, 9.17) is 4.74 Å². The van der Waals surface area contributed by atoms with Gasteiger partial charge in [-0.1, -0.05) is 24.3 Å². The molecule has 1 amide bonds. The Morgan fingerprint density at radius 2 is 1.90 bits per heavy atom. The van der Waals surface area contributed by atoms with E-state index in [1.54, 1.807) is 24.7 Å². The van der Waals surface area contributed by atoms with Gasteiger partial charge in [-0.2, -0.15) is 13.2 Å². The van der Waals surface area contributed by atoms with Gasteiger partial charge in [0.1, 0.15) is 18.5 Å². The Bertz CT molecular complexity index is 989. The van der Waals surface area contributed by atoms with Crippen LogP contribution in [0.2, 0.25) is 0 Å². The minimum absolute atomic E-state index is 0.0934. The Labute approximate surface area is 177 Å². The molecule has 1 atom stereocenters. The van der Waals surface area contributed by atoms with Crippen LogP contribution in [-0.4, -0.2) is 51.8 Å². The van der Waals surface area contributed by atoms with Crippen LogP contribution in [0.25, 0.3) is 0 Å². The summed E-state index contributed by atoms with van der Waals surface area (Å²) in [6, 6.07) is 11.8. The number of rotatable bonds is 8. The molecule has 0 bridgehead atoms. The number of aliphatic hydroxyl groups excluding tert-OH is 1. The van der Waals surface area contributed by atoms with Gasteiger partial charge >= 0.3 is 6.18 Å². The third kappa shape index (κ3) is 6.08. The molecule has 3 aromatic rings. The number of halogens is 3. The summed E-state index contributed by atoms with van der Waals surface area (Å²) in [6.45, 7) is 0.151. The van der Waals surface area contributed by atoms with Crippen molar-refractivity contribution in [1.82, 2.24) is 14.5 Å². The fourth-order valence-corrected chi connectivity index (χ4v) is 3.03. The van der Waals surface area contributed by atoms with Crippen LogP contribution >= 0.6 is 0 Å². The second kappa shape index (κ2) is 9.65. The topological polar surface area (TPSA) is 67.6 Å². The number of hydrogen-bond donors (Lipinski definition) is 1. The summed E-state index contributed by atoms with van der Waals surface area (Å²) < 4.78 is 46.1. The number of carbonyl (C=O) groups is 1. The molecule has 1 aromatic heterocycles. The number of benzene rings is 2. The van der Waals surface area contributed by atoms with E-state index in [-0.39, 0.29) is 24.8 Å². The highest BCUT2D eigenvalue weighted by molar-refractivity contribution is 5.94. The Hall–Kier alpha value is -3.33. The average Bonchev–Trinajstić information content (AvgIpc) is 3.25. The number of ether oxygens (including phenoxy) is 1. The van der Waals surface area contributed by atoms with Gasteiger partial charge in [0, 0.05) is 38.1 Å². The molecule has 0 radical (unpaired) electrons. The Balaban J connectivity index is 1.53. The minimum Gasteiger partial charge on any atom is -0.490 e. The quantitative estimate of drug-likeness (QED) is 0.591. The molecule has 2 aromatic carbocycles. The molecule has 0 saturated heterocycles. The smallest absolute Gasteiger partial charge is 0.419 e. The van der Waals surface area contributed by atoms with Crippen molar-refractivity contribution in [1.29, 1.82) is 0 Å². The molecule has 1 N–H and O–H groups in total. The maximum Gasteiger partial charge on any atom is 0.419 e. The zero-order valence-corrected chi connectivity index (χ0v) is 16.8. The predicted molar refractivity (Wildman–Crippen MR) is 108 cm³/mol. The van der Waals surface area contributed by atoms with Crippen LogP contribution in [0.4, 0.5) is 13.2 Å². The van der Waals surface area contributed by atoms with Gasteiger partial charge in [-0.05, 0) is 29.8 Å². The van der Waals surface area contributed by atoms with E-state index in [1.165, 1.54) is 30.1 Å². The highest BCUT2D eigenvalue weighted by atomic mass is 19.4. The van der Waals surface area contributed by atoms with Gasteiger partial charge in [-0.25, -0.2) is 4.98 Å². The van der Waals surface area contributed by atoms with E-state index in [0.29, 0.717) is 12.1 Å². The van der Waals surface area contributed by atoms with Crippen molar-refractivity contribution in [3.05, 3.63) is 83.9 Å². The van der Waals surface area contributed by atoms with Gasteiger partial charge in [-0.15, -0.1) is 0 Å². The summed E-state index contributed by atoms with van der Waals surface area (Å²) in [7, 11) is 1.51. The molecule has 6 nitrogen and oxygen atoms in total. The maximum atomic E-state index is 13.0. The number of carbonyl (C=O) groups excluding carboxylic acids is 1. The number of alkyl halides is 3. The third-order valence-electron chi connectivity index (χ3n) is 4.58. The van der Waals surface area contributed by atoms with Crippen LogP contribution in [0.15, 0.2) is 67.3 Å². The van der Waals surface area contributed by atoms with Crippen LogP contribution in [0.3, 0.4) is 0 Å². The van der Waals surface area contributed by atoms with Gasteiger partial charge in [0.05, 0.1) is 11.9 Å². The van der Waals surface area contributed by atoms with Crippen molar-refractivity contribution in [2.45, 2.75) is 18.8 Å². The Kier molecular flexibility index (Phi) is 6.96. The first-order valence-corrected chi connectivity index (χ1v) is 9.51. The van der Waals surface area contributed by atoms with Crippen molar-refractivity contribution in [2.75, 3.05) is 20.2 Å². The summed E-state index contributed by atoms with van der Waals surface area (Å²) in [5.74, 6) is -0.680. The number of aromatic nitrogens is 2. The van der Waals surface area contributed by atoms with Crippen LogP contribution in [0, 0.1) is 0 Å². The van der Waals surface area contributed by atoms with E-state index in [0.717, 1.165) is 11.6 Å².